The summed E-state index contributed by atoms with van der Waals surface area (Å²) in [5.41, 5.74) is 1.12. The number of hydrogen-bond acceptors (Lipinski definition) is 2. The highest BCUT2D eigenvalue weighted by molar-refractivity contribution is 5.89. The van der Waals surface area contributed by atoms with Crippen LogP contribution >= 0.6 is 0 Å². The number of carbonyl (C=O) groups excluding carboxylic acids is 1. The molecule has 1 fully saturated rings. The second-order valence-electron chi connectivity index (χ2n) is 2.52. The summed E-state index contributed by atoms with van der Waals surface area (Å²) >= 11 is 0. The molecule has 0 aromatic heterocycles. The van der Waals surface area contributed by atoms with Gasteiger partial charge in [-0.2, -0.15) is 0 Å². The molecule has 1 aliphatic rings. The fourth-order valence-electron chi connectivity index (χ4n) is 1.04. The van der Waals surface area contributed by atoms with Gasteiger partial charge in [0, 0.05) is 18.7 Å². The van der Waals surface area contributed by atoms with Gasteiger partial charge in [0.2, 0.25) is 0 Å². The van der Waals surface area contributed by atoms with Crippen LogP contribution in [0.25, 0.3) is 0 Å². The van der Waals surface area contributed by atoms with Crippen LogP contribution in [0.2, 0.25) is 0 Å². The molecule has 0 spiro atoms. The molecule has 0 aliphatic carbocycles. The van der Waals surface area contributed by atoms with Crippen LogP contribution < -0.4 is 5.32 Å². The Morgan fingerprint density at radius 1 is 1.80 bits per heavy atom. The first-order valence-electron chi connectivity index (χ1n) is 3.80. The fourth-order valence-corrected chi connectivity index (χ4v) is 1.04. The molecule has 0 saturated carbocycles. The number of allylic oxidation sites excluding steroid dienone is 2. The summed E-state index contributed by atoms with van der Waals surface area (Å²) in [5, 5.41) is 3.16. The molecule has 0 unspecified atom stereocenters. The van der Waals surface area contributed by atoms with Crippen molar-refractivity contribution in [1.29, 1.82) is 0 Å². The van der Waals surface area contributed by atoms with Crippen molar-refractivity contribution < 1.29 is 4.79 Å². The van der Waals surface area contributed by atoms with Gasteiger partial charge in [-0.3, -0.25) is 4.79 Å². The lowest BCUT2D eigenvalue weighted by molar-refractivity contribution is -0.114. The SMILES string of the molecule is CCC(=O)/C=C1/CCCN1. The number of rotatable bonds is 2. The topological polar surface area (TPSA) is 29.1 Å². The van der Waals surface area contributed by atoms with Gasteiger partial charge in [0.05, 0.1) is 0 Å². The monoisotopic (exact) mass is 139 g/mol. The maximum atomic E-state index is 10.9. The summed E-state index contributed by atoms with van der Waals surface area (Å²) in [4.78, 5) is 10.9. The molecular weight excluding hydrogens is 126 g/mol. The van der Waals surface area contributed by atoms with Crippen LogP contribution in [0.15, 0.2) is 11.8 Å². The Morgan fingerprint density at radius 3 is 3.10 bits per heavy atom. The van der Waals surface area contributed by atoms with Crippen LogP contribution in [0.3, 0.4) is 0 Å². The second-order valence-corrected chi connectivity index (χ2v) is 2.52. The molecule has 1 saturated heterocycles. The normalized spacial score (nSPS) is 21.1. The van der Waals surface area contributed by atoms with Gasteiger partial charge in [-0.1, -0.05) is 6.92 Å². The van der Waals surface area contributed by atoms with Crippen LogP contribution in [-0.2, 0) is 4.79 Å². The molecular formula is C8H13NO. The van der Waals surface area contributed by atoms with Gasteiger partial charge in [0.15, 0.2) is 5.78 Å². The lowest BCUT2D eigenvalue weighted by Crippen LogP contribution is -2.05. The molecule has 56 valence electrons. The van der Waals surface area contributed by atoms with Crippen molar-refractivity contribution >= 4 is 5.78 Å². The molecule has 0 aromatic rings. The summed E-state index contributed by atoms with van der Waals surface area (Å²) < 4.78 is 0. The predicted molar refractivity (Wildman–Crippen MR) is 40.6 cm³/mol. The first-order chi connectivity index (χ1) is 4.83. The largest absolute Gasteiger partial charge is 0.388 e. The van der Waals surface area contributed by atoms with Crippen molar-refractivity contribution in [3.05, 3.63) is 11.8 Å². The van der Waals surface area contributed by atoms with E-state index in [4.69, 9.17) is 0 Å². The van der Waals surface area contributed by atoms with Gasteiger partial charge in [0.25, 0.3) is 0 Å². The first kappa shape index (κ1) is 7.32. The van der Waals surface area contributed by atoms with E-state index in [0.717, 1.165) is 18.7 Å². The Hall–Kier alpha value is -0.790. The minimum absolute atomic E-state index is 0.226. The molecule has 0 radical (unpaired) electrons. The molecule has 1 heterocycles. The van der Waals surface area contributed by atoms with Gasteiger partial charge in [-0.25, -0.2) is 0 Å². The van der Waals surface area contributed by atoms with E-state index in [1.165, 1.54) is 6.42 Å². The number of carbonyl (C=O) groups is 1. The lowest BCUT2D eigenvalue weighted by atomic mass is 10.2. The van der Waals surface area contributed by atoms with E-state index in [2.05, 4.69) is 5.32 Å². The fraction of sp³-hybridized carbons (Fsp3) is 0.625. The Bertz CT molecular complexity index is 153. The van der Waals surface area contributed by atoms with Crippen LogP contribution in [0.1, 0.15) is 26.2 Å². The van der Waals surface area contributed by atoms with Crippen molar-refractivity contribution in [3.8, 4) is 0 Å². The van der Waals surface area contributed by atoms with Crippen LogP contribution in [0, 0.1) is 0 Å². The minimum atomic E-state index is 0.226. The summed E-state index contributed by atoms with van der Waals surface area (Å²) in [6.45, 7) is 2.91. The highest BCUT2D eigenvalue weighted by Gasteiger charge is 2.05. The van der Waals surface area contributed by atoms with Crippen molar-refractivity contribution in [2.45, 2.75) is 26.2 Å². The third-order valence-corrected chi connectivity index (χ3v) is 1.66. The average Bonchev–Trinajstić information content (AvgIpc) is 2.40. The van der Waals surface area contributed by atoms with E-state index in [1.54, 1.807) is 6.08 Å². The molecule has 0 aromatic carbocycles. The van der Waals surface area contributed by atoms with Crippen molar-refractivity contribution in [2.75, 3.05) is 6.54 Å². The molecule has 2 nitrogen and oxygen atoms in total. The van der Waals surface area contributed by atoms with Crippen molar-refractivity contribution in [3.63, 3.8) is 0 Å². The molecule has 1 N–H and O–H groups in total. The van der Waals surface area contributed by atoms with E-state index in [0.29, 0.717) is 6.42 Å². The summed E-state index contributed by atoms with van der Waals surface area (Å²) in [6.07, 6.45) is 4.56. The van der Waals surface area contributed by atoms with Crippen molar-refractivity contribution in [2.24, 2.45) is 0 Å². The van der Waals surface area contributed by atoms with Crippen LogP contribution in [0.4, 0.5) is 0 Å². The quantitative estimate of drug-likeness (QED) is 0.583. The zero-order chi connectivity index (χ0) is 7.40. The Kier molecular flexibility index (Phi) is 2.49. The van der Waals surface area contributed by atoms with Gasteiger partial charge in [0.1, 0.15) is 0 Å². The smallest absolute Gasteiger partial charge is 0.157 e. The highest BCUT2D eigenvalue weighted by Crippen LogP contribution is 2.08. The molecule has 10 heavy (non-hydrogen) atoms. The highest BCUT2D eigenvalue weighted by atomic mass is 16.1. The van der Waals surface area contributed by atoms with Gasteiger partial charge < -0.3 is 5.32 Å². The number of nitrogens with one attached hydrogen (secondary N) is 1. The second kappa shape index (κ2) is 3.40. The van der Waals surface area contributed by atoms with E-state index in [9.17, 15) is 4.79 Å². The third kappa shape index (κ3) is 1.87. The van der Waals surface area contributed by atoms with Gasteiger partial charge in [-0.15, -0.1) is 0 Å². The zero-order valence-corrected chi connectivity index (χ0v) is 6.31. The first-order valence-corrected chi connectivity index (χ1v) is 3.80. The standard InChI is InChI=1S/C8H13NO/c1-2-8(10)6-7-4-3-5-9-7/h6,9H,2-5H2,1H3/b7-6-. The van der Waals surface area contributed by atoms with E-state index in [-0.39, 0.29) is 5.78 Å². The Balaban J connectivity index is 2.45. The summed E-state index contributed by atoms with van der Waals surface area (Å²) in [5.74, 6) is 0.226. The Morgan fingerprint density at radius 2 is 2.60 bits per heavy atom. The average molecular weight is 139 g/mol. The predicted octanol–water partition coefficient (Wildman–Crippen LogP) is 1.23. The van der Waals surface area contributed by atoms with Gasteiger partial charge >= 0.3 is 0 Å². The van der Waals surface area contributed by atoms with Crippen LogP contribution in [0.5, 0.6) is 0 Å². The number of ketones is 1. The van der Waals surface area contributed by atoms with E-state index >= 15 is 0 Å². The minimum Gasteiger partial charge on any atom is -0.388 e. The molecule has 1 aliphatic heterocycles. The maximum Gasteiger partial charge on any atom is 0.157 e. The zero-order valence-electron chi connectivity index (χ0n) is 6.31. The van der Waals surface area contributed by atoms with E-state index in [1.807, 2.05) is 6.92 Å². The lowest BCUT2D eigenvalue weighted by Gasteiger charge is -1.94. The maximum absolute atomic E-state index is 10.9. The molecule has 0 bridgehead atoms. The van der Waals surface area contributed by atoms with Crippen molar-refractivity contribution in [1.82, 2.24) is 5.32 Å². The van der Waals surface area contributed by atoms with Crippen LogP contribution in [-0.4, -0.2) is 12.3 Å². The molecule has 0 atom stereocenters. The summed E-state index contributed by atoms with van der Waals surface area (Å²) in [6, 6.07) is 0. The van der Waals surface area contributed by atoms with Gasteiger partial charge in [-0.05, 0) is 18.9 Å². The summed E-state index contributed by atoms with van der Waals surface area (Å²) in [7, 11) is 0. The third-order valence-electron chi connectivity index (χ3n) is 1.66. The Labute approximate surface area is 61.3 Å². The van der Waals surface area contributed by atoms with E-state index < -0.39 is 0 Å². The molecule has 0 amide bonds. The molecule has 2 heteroatoms. The molecule has 1 rings (SSSR count). The number of hydrogen-bond donors (Lipinski definition) is 1.